The van der Waals surface area contributed by atoms with Crippen LogP contribution in [0.3, 0.4) is 0 Å². The molecule has 0 spiro atoms. The number of amides is 1. The van der Waals surface area contributed by atoms with E-state index in [2.05, 4.69) is 20.4 Å². The summed E-state index contributed by atoms with van der Waals surface area (Å²) in [6, 6.07) is 13.1. The van der Waals surface area contributed by atoms with Crippen LogP contribution in [0.4, 0.5) is 8.78 Å². The van der Waals surface area contributed by atoms with Crippen LogP contribution >= 0.6 is 0 Å². The Bertz CT molecular complexity index is 934. The van der Waals surface area contributed by atoms with Gasteiger partial charge in [-0.25, -0.2) is 0 Å². The van der Waals surface area contributed by atoms with E-state index >= 15 is 0 Å². The van der Waals surface area contributed by atoms with Gasteiger partial charge in [-0.2, -0.15) is 8.78 Å². The van der Waals surface area contributed by atoms with Crippen LogP contribution < -0.4 is 15.4 Å². The molecule has 1 fully saturated rings. The van der Waals surface area contributed by atoms with Gasteiger partial charge in [-0.3, -0.25) is 9.79 Å². The number of carbonyl (C=O) groups is 1. The first kappa shape index (κ1) is 22.5. The van der Waals surface area contributed by atoms with Crippen molar-refractivity contribution in [3.05, 3.63) is 64.7 Å². The fourth-order valence-electron chi connectivity index (χ4n) is 3.60. The van der Waals surface area contributed by atoms with Crippen molar-refractivity contribution in [1.29, 1.82) is 0 Å². The van der Waals surface area contributed by atoms with E-state index in [9.17, 15) is 13.6 Å². The number of aliphatic imine (C=N–C) groups is 1. The highest BCUT2D eigenvalue weighted by Gasteiger charge is 2.21. The molecule has 6 nitrogen and oxygen atoms in total. The number of nitrogens with one attached hydrogen (secondary N) is 2. The summed E-state index contributed by atoms with van der Waals surface area (Å²) in [5, 5.41) is 6.40. The van der Waals surface area contributed by atoms with Crippen LogP contribution in [0.5, 0.6) is 5.75 Å². The number of halogens is 2. The summed E-state index contributed by atoms with van der Waals surface area (Å²) < 4.78 is 30.0. The highest BCUT2D eigenvalue weighted by molar-refractivity contribution is 5.80. The quantitative estimate of drug-likeness (QED) is 0.496. The van der Waals surface area contributed by atoms with E-state index in [1.807, 2.05) is 36.1 Å². The van der Waals surface area contributed by atoms with Gasteiger partial charge in [0.25, 0.3) is 0 Å². The van der Waals surface area contributed by atoms with Crippen LogP contribution in [0.2, 0.25) is 0 Å². The molecule has 8 heteroatoms. The Balaban J connectivity index is 1.61. The van der Waals surface area contributed by atoms with Crippen molar-refractivity contribution in [2.45, 2.75) is 46.0 Å². The first-order valence-corrected chi connectivity index (χ1v) is 10.3. The smallest absolute Gasteiger partial charge is 0.387 e. The number of hydrogen-bond donors (Lipinski definition) is 2. The molecule has 1 aliphatic heterocycles. The van der Waals surface area contributed by atoms with E-state index in [0.717, 1.165) is 29.7 Å². The molecule has 31 heavy (non-hydrogen) atoms. The lowest BCUT2D eigenvalue weighted by molar-refractivity contribution is -0.128. The van der Waals surface area contributed by atoms with Gasteiger partial charge in [0.15, 0.2) is 5.96 Å². The number of nitrogens with zero attached hydrogens (tertiary/aromatic N) is 2. The summed E-state index contributed by atoms with van der Waals surface area (Å²) in [5.41, 5.74) is 3.73. The summed E-state index contributed by atoms with van der Waals surface area (Å²) in [6.45, 7) is 1.21. The van der Waals surface area contributed by atoms with Crippen molar-refractivity contribution in [1.82, 2.24) is 15.5 Å². The zero-order valence-electron chi connectivity index (χ0n) is 17.8. The highest BCUT2D eigenvalue weighted by atomic mass is 19.3. The maximum atomic E-state index is 12.7. The largest absolute Gasteiger partial charge is 0.434 e. The van der Waals surface area contributed by atoms with Gasteiger partial charge in [0.2, 0.25) is 5.91 Å². The summed E-state index contributed by atoms with van der Waals surface area (Å²) in [4.78, 5) is 18.1. The summed E-state index contributed by atoms with van der Waals surface area (Å²) in [5.74, 6) is 0.876. The second kappa shape index (κ2) is 10.7. The van der Waals surface area contributed by atoms with Crippen LogP contribution in [0, 0.1) is 6.92 Å². The third-order valence-corrected chi connectivity index (χ3v) is 5.20. The van der Waals surface area contributed by atoms with Crippen molar-refractivity contribution in [2.24, 2.45) is 4.99 Å². The molecule has 1 aliphatic rings. The van der Waals surface area contributed by atoms with E-state index in [1.165, 1.54) is 0 Å². The lowest BCUT2D eigenvalue weighted by atomic mass is 10.1. The molecule has 0 saturated carbocycles. The third kappa shape index (κ3) is 6.41. The minimum absolute atomic E-state index is 0.143. The van der Waals surface area contributed by atoms with Gasteiger partial charge in [-0.1, -0.05) is 42.0 Å². The molecule has 1 saturated heterocycles. The third-order valence-electron chi connectivity index (χ3n) is 5.20. The van der Waals surface area contributed by atoms with Crippen LogP contribution in [0.25, 0.3) is 0 Å². The van der Waals surface area contributed by atoms with Crippen molar-refractivity contribution in [3.8, 4) is 5.75 Å². The number of rotatable bonds is 8. The second-order valence-corrected chi connectivity index (χ2v) is 7.46. The number of likely N-dealkylation sites (tertiary alicyclic amines) is 1. The van der Waals surface area contributed by atoms with Crippen molar-refractivity contribution in [3.63, 3.8) is 0 Å². The molecule has 0 unspecified atom stereocenters. The fraction of sp³-hybridized carbons (Fsp3) is 0.391. The predicted octanol–water partition coefficient (Wildman–Crippen LogP) is 3.58. The molecule has 0 atom stereocenters. The average Bonchev–Trinajstić information content (AvgIpc) is 3.15. The number of hydrogen-bond acceptors (Lipinski definition) is 3. The molecule has 3 rings (SSSR count). The zero-order valence-corrected chi connectivity index (χ0v) is 17.8. The molecule has 1 amide bonds. The Morgan fingerprint density at radius 3 is 2.48 bits per heavy atom. The van der Waals surface area contributed by atoms with Crippen molar-refractivity contribution >= 4 is 11.9 Å². The molecule has 0 aromatic heterocycles. The van der Waals surface area contributed by atoms with Gasteiger partial charge in [-0.05, 0) is 30.5 Å². The van der Waals surface area contributed by atoms with Crippen molar-refractivity contribution < 1.29 is 18.3 Å². The van der Waals surface area contributed by atoms with Gasteiger partial charge in [-0.15, -0.1) is 0 Å². The van der Waals surface area contributed by atoms with Crippen LogP contribution in [0.1, 0.15) is 35.1 Å². The molecular formula is C23H28F2N4O2. The lowest BCUT2D eigenvalue weighted by Gasteiger charge is -2.19. The predicted molar refractivity (Wildman–Crippen MR) is 116 cm³/mol. The monoisotopic (exact) mass is 430 g/mol. The minimum atomic E-state index is -2.88. The lowest BCUT2D eigenvalue weighted by Crippen LogP contribution is -2.36. The Kier molecular flexibility index (Phi) is 7.81. The first-order chi connectivity index (χ1) is 15.0. The van der Waals surface area contributed by atoms with Crippen LogP contribution in [0.15, 0.2) is 47.5 Å². The summed E-state index contributed by atoms with van der Waals surface area (Å²) >= 11 is 0. The Morgan fingerprint density at radius 2 is 1.84 bits per heavy atom. The Morgan fingerprint density at radius 1 is 1.13 bits per heavy atom. The second-order valence-electron chi connectivity index (χ2n) is 7.46. The van der Waals surface area contributed by atoms with E-state index in [1.54, 1.807) is 25.2 Å². The molecule has 166 valence electrons. The number of benzene rings is 2. The molecule has 1 heterocycles. The van der Waals surface area contributed by atoms with Crippen molar-refractivity contribution in [2.75, 3.05) is 13.6 Å². The summed E-state index contributed by atoms with van der Waals surface area (Å²) in [6.07, 6.45) is 1.53. The standard InChI is InChI=1S/C23H28F2N4O2/c1-16-9-10-20(31-22(24)25)19(12-16)14-28-23(26-2)27-13-17-6-3-4-7-18(17)15-29-11-5-8-21(29)30/h3-4,6-7,9-10,12,22H,5,8,11,13-15H2,1-2H3,(H2,26,27,28). The maximum Gasteiger partial charge on any atom is 0.387 e. The fourth-order valence-corrected chi connectivity index (χ4v) is 3.60. The molecular weight excluding hydrogens is 402 g/mol. The summed E-state index contributed by atoms with van der Waals surface area (Å²) in [7, 11) is 1.65. The molecule has 2 aromatic rings. The molecule has 2 aromatic carbocycles. The van der Waals surface area contributed by atoms with Gasteiger partial charge >= 0.3 is 6.61 Å². The molecule has 0 radical (unpaired) electrons. The Hall–Kier alpha value is -3.16. The Labute approximate surface area is 181 Å². The van der Waals surface area contributed by atoms with Gasteiger partial charge in [0.1, 0.15) is 5.75 Å². The number of alkyl halides is 2. The number of carbonyl (C=O) groups excluding carboxylic acids is 1. The number of aryl methyl sites for hydroxylation is 1. The minimum Gasteiger partial charge on any atom is -0.434 e. The van der Waals surface area contributed by atoms with Gasteiger partial charge in [0.05, 0.1) is 0 Å². The van der Waals surface area contributed by atoms with Gasteiger partial charge in [0, 0.05) is 45.2 Å². The van der Waals surface area contributed by atoms with Crippen LogP contribution in [-0.2, 0) is 24.4 Å². The maximum absolute atomic E-state index is 12.7. The molecule has 0 bridgehead atoms. The van der Waals surface area contributed by atoms with E-state index in [4.69, 9.17) is 0 Å². The topological polar surface area (TPSA) is 66.0 Å². The highest BCUT2D eigenvalue weighted by Crippen LogP contribution is 2.22. The number of ether oxygens (including phenoxy) is 1. The van der Waals surface area contributed by atoms with E-state index < -0.39 is 6.61 Å². The normalized spacial score (nSPS) is 14.3. The SMILES string of the molecule is CN=C(NCc1ccccc1CN1CCCC1=O)NCc1cc(C)ccc1OC(F)F. The van der Waals surface area contributed by atoms with E-state index in [-0.39, 0.29) is 18.2 Å². The molecule has 2 N–H and O–H groups in total. The van der Waals surface area contributed by atoms with Gasteiger partial charge < -0.3 is 20.3 Å². The zero-order chi connectivity index (χ0) is 22.2. The first-order valence-electron chi connectivity index (χ1n) is 10.3. The number of guanidine groups is 1. The molecule has 0 aliphatic carbocycles. The van der Waals surface area contributed by atoms with E-state index in [0.29, 0.717) is 31.0 Å². The average molecular weight is 430 g/mol. The van der Waals surface area contributed by atoms with Crippen LogP contribution in [-0.4, -0.2) is 37.0 Å².